The standard InChI is InChI=1S/C14H20N2O3S/c1-20(18,19)15-13-8-6-12(7-9-13)14(17)16-10-4-2-3-5-11-16/h6-9,15H,2-5,10-11H2,1H3. The minimum Gasteiger partial charge on any atom is -0.339 e. The zero-order chi connectivity index (χ0) is 14.6. The van der Waals surface area contributed by atoms with Gasteiger partial charge in [0.2, 0.25) is 10.0 Å². The van der Waals surface area contributed by atoms with Gasteiger partial charge in [0.1, 0.15) is 0 Å². The van der Waals surface area contributed by atoms with Crippen LogP contribution in [0.25, 0.3) is 0 Å². The maximum Gasteiger partial charge on any atom is 0.253 e. The quantitative estimate of drug-likeness (QED) is 0.928. The van der Waals surface area contributed by atoms with Gasteiger partial charge in [0.05, 0.1) is 6.26 Å². The van der Waals surface area contributed by atoms with E-state index in [1.54, 1.807) is 24.3 Å². The number of sulfonamides is 1. The normalized spacial score (nSPS) is 16.6. The first-order valence-corrected chi connectivity index (χ1v) is 8.72. The molecule has 0 atom stereocenters. The summed E-state index contributed by atoms with van der Waals surface area (Å²) in [4.78, 5) is 14.2. The lowest BCUT2D eigenvalue weighted by molar-refractivity contribution is 0.0761. The largest absolute Gasteiger partial charge is 0.339 e. The molecule has 1 aliphatic heterocycles. The molecule has 0 saturated carbocycles. The number of hydrogen-bond acceptors (Lipinski definition) is 3. The van der Waals surface area contributed by atoms with Crippen molar-refractivity contribution in [3.05, 3.63) is 29.8 Å². The van der Waals surface area contributed by atoms with Crippen LogP contribution < -0.4 is 4.72 Å². The summed E-state index contributed by atoms with van der Waals surface area (Å²) in [6.45, 7) is 1.62. The van der Waals surface area contributed by atoms with Gasteiger partial charge in [-0.15, -0.1) is 0 Å². The van der Waals surface area contributed by atoms with Gasteiger partial charge in [-0.3, -0.25) is 9.52 Å². The van der Waals surface area contributed by atoms with Crippen molar-refractivity contribution in [1.29, 1.82) is 0 Å². The number of amides is 1. The Kier molecular flexibility index (Phi) is 4.65. The van der Waals surface area contributed by atoms with Crippen LogP contribution in [0.15, 0.2) is 24.3 Å². The van der Waals surface area contributed by atoms with E-state index in [1.165, 1.54) is 12.8 Å². The smallest absolute Gasteiger partial charge is 0.253 e. The molecule has 5 nitrogen and oxygen atoms in total. The van der Waals surface area contributed by atoms with Crippen molar-refractivity contribution in [2.75, 3.05) is 24.1 Å². The highest BCUT2D eigenvalue weighted by molar-refractivity contribution is 7.92. The fourth-order valence-electron chi connectivity index (χ4n) is 2.35. The first-order chi connectivity index (χ1) is 9.46. The fourth-order valence-corrected chi connectivity index (χ4v) is 2.92. The van der Waals surface area contributed by atoms with Crippen molar-refractivity contribution in [1.82, 2.24) is 4.90 Å². The molecular weight excluding hydrogens is 276 g/mol. The highest BCUT2D eigenvalue weighted by Crippen LogP contribution is 2.16. The van der Waals surface area contributed by atoms with Crippen molar-refractivity contribution in [3.63, 3.8) is 0 Å². The molecule has 0 radical (unpaired) electrons. The molecule has 1 fully saturated rings. The maximum atomic E-state index is 12.3. The molecule has 6 heteroatoms. The number of hydrogen-bond donors (Lipinski definition) is 1. The third-order valence-corrected chi connectivity index (χ3v) is 3.93. The van der Waals surface area contributed by atoms with E-state index >= 15 is 0 Å². The highest BCUT2D eigenvalue weighted by Gasteiger charge is 2.17. The Bertz CT molecular complexity index is 559. The van der Waals surface area contributed by atoms with Gasteiger partial charge in [0, 0.05) is 24.3 Å². The zero-order valence-electron chi connectivity index (χ0n) is 11.6. The Labute approximate surface area is 120 Å². The second-order valence-corrected chi connectivity index (χ2v) is 6.91. The molecule has 0 aromatic heterocycles. The molecule has 20 heavy (non-hydrogen) atoms. The average molecular weight is 296 g/mol. The SMILES string of the molecule is CS(=O)(=O)Nc1ccc(C(=O)N2CCCCCC2)cc1. The molecule has 1 N–H and O–H groups in total. The second kappa shape index (κ2) is 6.26. The van der Waals surface area contributed by atoms with Gasteiger partial charge in [-0.2, -0.15) is 0 Å². The van der Waals surface area contributed by atoms with Crippen LogP contribution in [0.2, 0.25) is 0 Å². The molecule has 1 heterocycles. The number of carbonyl (C=O) groups excluding carboxylic acids is 1. The zero-order valence-corrected chi connectivity index (χ0v) is 12.4. The van der Waals surface area contributed by atoms with E-state index in [9.17, 15) is 13.2 Å². The lowest BCUT2D eigenvalue weighted by Gasteiger charge is -2.20. The van der Waals surface area contributed by atoms with E-state index in [1.807, 2.05) is 4.90 Å². The summed E-state index contributed by atoms with van der Waals surface area (Å²) in [6, 6.07) is 6.57. The van der Waals surface area contributed by atoms with E-state index in [4.69, 9.17) is 0 Å². The van der Waals surface area contributed by atoms with Crippen molar-refractivity contribution < 1.29 is 13.2 Å². The van der Waals surface area contributed by atoms with Gasteiger partial charge < -0.3 is 4.90 Å². The van der Waals surface area contributed by atoms with Crippen LogP contribution in [0.1, 0.15) is 36.0 Å². The van der Waals surface area contributed by atoms with Gasteiger partial charge in [-0.05, 0) is 37.1 Å². The van der Waals surface area contributed by atoms with Crippen molar-refractivity contribution in [2.45, 2.75) is 25.7 Å². The van der Waals surface area contributed by atoms with Crippen LogP contribution in [-0.2, 0) is 10.0 Å². The summed E-state index contributed by atoms with van der Waals surface area (Å²) in [7, 11) is -3.28. The van der Waals surface area contributed by atoms with E-state index in [0.717, 1.165) is 32.2 Å². The third-order valence-electron chi connectivity index (χ3n) is 3.33. The molecular formula is C14H20N2O3S. The molecule has 2 rings (SSSR count). The van der Waals surface area contributed by atoms with Crippen molar-refractivity contribution in [3.8, 4) is 0 Å². The Balaban J connectivity index is 2.07. The van der Waals surface area contributed by atoms with E-state index in [-0.39, 0.29) is 5.91 Å². The molecule has 0 aliphatic carbocycles. The topological polar surface area (TPSA) is 66.5 Å². The molecule has 1 amide bonds. The summed E-state index contributed by atoms with van der Waals surface area (Å²) in [5.74, 6) is 0.0257. The number of nitrogens with zero attached hydrogens (tertiary/aromatic N) is 1. The van der Waals surface area contributed by atoms with Crippen molar-refractivity contribution in [2.24, 2.45) is 0 Å². The minimum absolute atomic E-state index is 0.0257. The van der Waals surface area contributed by atoms with Crippen LogP contribution in [0.3, 0.4) is 0 Å². The fraction of sp³-hybridized carbons (Fsp3) is 0.500. The molecule has 1 aliphatic rings. The minimum atomic E-state index is -3.28. The predicted octanol–water partition coefficient (Wildman–Crippen LogP) is 2.07. The van der Waals surface area contributed by atoms with E-state index in [0.29, 0.717) is 11.3 Å². The first kappa shape index (κ1) is 14.8. The molecule has 1 aromatic rings. The molecule has 0 unspecified atom stereocenters. The van der Waals surface area contributed by atoms with Gasteiger partial charge in [-0.1, -0.05) is 12.8 Å². The Hall–Kier alpha value is -1.56. The van der Waals surface area contributed by atoms with Gasteiger partial charge in [0.15, 0.2) is 0 Å². The number of likely N-dealkylation sites (tertiary alicyclic amines) is 1. The molecule has 1 aromatic carbocycles. The molecule has 110 valence electrons. The lowest BCUT2D eigenvalue weighted by Crippen LogP contribution is -2.31. The van der Waals surface area contributed by atoms with Crippen LogP contribution >= 0.6 is 0 Å². The van der Waals surface area contributed by atoms with E-state index in [2.05, 4.69) is 4.72 Å². The Morgan fingerprint density at radius 2 is 1.60 bits per heavy atom. The van der Waals surface area contributed by atoms with Crippen LogP contribution in [0.5, 0.6) is 0 Å². The highest BCUT2D eigenvalue weighted by atomic mass is 32.2. The van der Waals surface area contributed by atoms with Crippen LogP contribution in [-0.4, -0.2) is 38.6 Å². The van der Waals surface area contributed by atoms with Gasteiger partial charge in [0.25, 0.3) is 5.91 Å². The lowest BCUT2D eigenvalue weighted by atomic mass is 10.2. The second-order valence-electron chi connectivity index (χ2n) is 5.16. The summed E-state index contributed by atoms with van der Waals surface area (Å²) >= 11 is 0. The summed E-state index contributed by atoms with van der Waals surface area (Å²) in [5, 5.41) is 0. The maximum absolute atomic E-state index is 12.3. The van der Waals surface area contributed by atoms with Crippen LogP contribution in [0, 0.1) is 0 Å². The summed E-state index contributed by atoms with van der Waals surface area (Å²) < 4.78 is 24.6. The first-order valence-electron chi connectivity index (χ1n) is 6.83. The number of nitrogens with one attached hydrogen (secondary N) is 1. The van der Waals surface area contributed by atoms with E-state index < -0.39 is 10.0 Å². The number of anilines is 1. The molecule has 1 saturated heterocycles. The van der Waals surface area contributed by atoms with Crippen molar-refractivity contribution >= 4 is 21.6 Å². The number of rotatable bonds is 3. The van der Waals surface area contributed by atoms with Crippen LogP contribution in [0.4, 0.5) is 5.69 Å². The molecule has 0 spiro atoms. The molecule has 0 bridgehead atoms. The number of benzene rings is 1. The van der Waals surface area contributed by atoms with Gasteiger partial charge in [-0.25, -0.2) is 8.42 Å². The third kappa shape index (κ3) is 4.23. The Morgan fingerprint density at radius 1 is 1.05 bits per heavy atom. The monoisotopic (exact) mass is 296 g/mol. The summed E-state index contributed by atoms with van der Waals surface area (Å²) in [6.07, 6.45) is 5.57. The number of carbonyl (C=O) groups is 1. The van der Waals surface area contributed by atoms with Gasteiger partial charge >= 0.3 is 0 Å². The Morgan fingerprint density at radius 3 is 2.10 bits per heavy atom. The summed E-state index contributed by atoms with van der Waals surface area (Å²) in [5.41, 5.74) is 1.07. The predicted molar refractivity (Wildman–Crippen MR) is 79.3 cm³/mol. The average Bonchev–Trinajstić information content (AvgIpc) is 2.66.